The van der Waals surface area contributed by atoms with E-state index in [1.165, 1.54) is 0 Å². The predicted molar refractivity (Wildman–Crippen MR) is 79.7 cm³/mol. The molecule has 0 unspecified atom stereocenters. The molecular weight excluding hydrogens is 288 g/mol. The van der Waals surface area contributed by atoms with Gasteiger partial charge in [-0.05, 0) is 37.8 Å². The summed E-state index contributed by atoms with van der Waals surface area (Å²) < 4.78 is 25.6. The summed E-state index contributed by atoms with van der Waals surface area (Å²) in [7, 11) is 0. The van der Waals surface area contributed by atoms with Gasteiger partial charge in [0, 0.05) is 37.0 Å². The minimum absolute atomic E-state index is 0.114. The lowest BCUT2D eigenvalue weighted by atomic mass is 9.80. The number of hydrogen-bond donors (Lipinski definition) is 2. The molecule has 4 nitrogen and oxygen atoms in total. The third-order valence-electron chi connectivity index (χ3n) is 4.55. The van der Waals surface area contributed by atoms with Crippen molar-refractivity contribution in [3.8, 4) is 0 Å². The number of alkyl halides is 2. The van der Waals surface area contributed by atoms with Gasteiger partial charge in [0.25, 0.3) is 0 Å². The second kappa shape index (κ2) is 6.18. The first-order valence-corrected chi connectivity index (χ1v) is 7.88. The molecule has 0 saturated heterocycles. The Morgan fingerprint density at radius 1 is 1.14 bits per heavy atom. The summed E-state index contributed by atoms with van der Waals surface area (Å²) >= 11 is 0. The van der Waals surface area contributed by atoms with Crippen LogP contribution in [0.5, 0.6) is 0 Å². The van der Waals surface area contributed by atoms with Gasteiger partial charge in [0.05, 0.1) is 0 Å². The number of halogens is 2. The molecule has 0 spiro atoms. The fourth-order valence-electron chi connectivity index (χ4n) is 3.20. The van der Waals surface area contributed by atoms with Crippen molar-refractivity contribution in [3.63, 3.8) is 0 Å². The van der Waals surface area contributed by atoms with Gasteiger partial charge in [0.2, 0.25) is 11.8 Å². The number of nitrogens with zero attached hydrogens (tertiary/aromatic N) is 1. The average molecular weight is 309 g/mol. The molecule has 2 fully saturated rings. The van der Waals surface area contributed by atoms with Crippen LogP contribution >= 0.6 is 0 Å². The third kappa shape index (κ3) is 3.72. The Balaban J connectivity index is 1.40. The monoisotopic (exact) mass is 309 g/mol. The van der Waals surface area contributed by atoms with Gasteiger partial charge in [0.1, 0.15) is 5.82 Å². The molecular formula is C16H21F2N3O. The summed E-state index contributed by atoms with van der Waals surface area (Å²) in [5.41, 5.74) is 0. The number of hydrogen-bond acceptors (Lipinski definition) is 3. The molecule has 1 aromatic rings. The van der Waals surface area contributed by atoms with Gasteiger partial charge in [-0.25, -0.2) is 13.8 Å². The molecule has 0 aliphatic heterocycles. The summed E-state index contributed by atoms with van der Waals surface area (Å²) in [5, 5.41) is 6.31. The van der Waals surface area contributed by atoms with Crippen LogP contribution in [0.1, 0.15) is 38.5 Å². The first-order chi connectivity index (χ1) is 10.5. The summed E-state index contributed by atoms with van der Waals surface area (Å²) in [4.78, 5) is 16.1. The zero-order valence-corrected chi connectivity index (χ0v) is 12.4. The smallest absolute Gasteiger partial charge is 0.249 e. The Morgan fingerprint density at radius 2 is 1.82 bits per heavy atom. The van der Waals surface area contributed by atoms with Gasteiger partial charge in [-0.15, -0.1) is 0 Å². The number of nitrogens with one attached hydrogen (secondary N) is 2. The number of carbonyl (C=O) groups is 1. The molecule has 2 N–H and O–H groups in total. The molecule has 1 amide bonds. The van der Waals surface area contributed by atoms with Crippen LogP contribution in [0, 0.1) is 5.92 Å². The Morgan fingerprint density at radius 3 is 2.41 bits per heavy atom. The molecule has 0 aromatic carbocycles. The molecule has 0 radical (unpaired) electrons. The van der Waals surface area contributed by atoms with E-state index in [-0.39, 0.29) is 24.8 Å². The van der Waals surface area contributed by atoms with E-state index in [0.29, 0.717) is 6.04 Å². The first kappa shape index (κ1) is 15.2. The molecule has 3 rings (SSSR count). The zero-order valence-electron chi connectivity index (χ0n) is 12.4. The van der Waals surface area contributed by atoms with Crippen LogP contribution in [0.4, 0.5) is 14.6 Å². The first-order valence-electron chi connectivity index (χ1n) is 7.88. The highest BCUT2D eigenvalue weighted by Crippen LogP contribution is 2.42. The lowest BCUT2D eigenvalue weighted by molar-refractivity contribution is -0.151. The number of anilines is 1. The van der Waals surface area contributed by atoms with Gasteiger partial charge < -0.3 is 10.6 Å². The number of carbonyl (C=O) groups excluding carboxylic acids is 1. The van der Waals surface area contributed by atoms with Crippen LogP contribution in [0.25, 0.3) is 0 Å². The van der Waals surface area contributed by atoms with E-state index in [1.54, 1.807) is 6.20 Å². The van der Waals surface area contributed by atoms with Gasteiger partial charge in [-0.1, -0.05) is 6.07 Å². The SMILES string of the molecule is O=C(NC1CCC(Nc2ccccn2)CC1)C1CC(F)(F)C1. The van der Waals surface area contributed by atoms with Crippen molar-refractivity contribution in [3.05, 3.63) is 24.4 Å². The quantitative estimate of drug-likeness (QED) is 0.899. The second-order valence-corrected chi connectivity index (χ2v) is 6.38. The highest BCUT2D eigenvalue weighted by molar-refractivity contribution is 5.80. The Kier molecular flexibility index (Phi) is 4.27. The number of pyridine rings is 1. The third-order valence-corrected chi connectivity index (χ3v) is 4.55. The normalized spacial score (nSPS) is 27.7. The highest BCUT2D eigenvalue weighted by atomic mass is 19.3. The average Bonchev–Trinajstić information content (AvgIpc) is 2.48. The zero-order chi connectivity index (χ0) is 15.6. The summed E-state index contributed by atoms with van der Waals surface area (Å²) in [6, 6.07) is 6.22. The van der Waals surface area contributed by atoms with Gasteiger partial charge in [-0.2, -0.15) is 0 Å². The molecule has 6 heteroatoms. The molecule has 120 valence electrons. The molecule has 1 heterocycles. The fraction of sp³-hybridized carbons (Fsp3) is 0.625. The van der Waals surface area contributed by atoms with E-state index in [9.17, 15) is 13.6 Å². The van der Waals surface area contributed by atoms with E-state index < -0.39 is 11.8 Å². The van der Waals surface area contributed by atoms with Crippen molar-refractivity contribution in [2.45, 2.75) is 56.5 Å². The minimum Gasteiger partial charge on any atom is -0.367 e. The standard InChI is InChI=1S/C16H21F2N3O/c17-16(18)9-11(10-16)15(22)21-13-6-4-12(5-7-13)20-14-3-1-2-8-19-14/h1-3,8,11-13H,4-7,9-10H2,(H,19,20)(H,21,22). The summed E-state index contributed by atoms with van der Waals surface area (Å²) in [6.45, 7) is 0. The van der Waals surface area contributed by atoms with Gasteiger partial charge >= 0.3 is 0 Å². The molecule has 1 aromatic heterocycles. The second-order valence-electron chi connectivity index (χ2n) is 6.38. The molecule has 2 saturated carbocycles. The van der Waals surface area contributed by atoms with Crippen molar-refractivity contribution in [2.24, 2.45) is 5.92 Å². The van der Waals surface area contributed by atoms with Crippen LogP contribution in [-0.4, -0.2) is 28.9 Å². The molecule has 0 bridgehead atoms. The van der Waals surface area contributed by atoms with Crippen LogP contribution in [0.2, 0.25) is 0 Å². The highest BCUT2D eigenvalue weighted by Gasteiger charge is 2.48. The lowest BCUT2D eigenvalue weighted by Gasteiger charge is -2.36. The fourth-order valence-corrected chi connectivity index (χ4v) is 3.20. The molecule has 2 aliphatic carbocycles. The maximum Gasteiger partial charge on any atom is 0.249 e. The van der Waals surface area contributed by atoms with Crippen molar-refractivity contribution in [1.82, 2.24) is 10.3 Å². The van der Waals surface area contributed by atoms with E-state index in [0.717, 1.165) is 31.5 Å². The maximum atomic E-state index is 12.8. The maximum absolute atomic E-state index is 12.8. The van der Waals surface area contributed by atoms with E-state index in [1.807, 2.05) is 18.2 Å². The molecule has 2 aliphatic rings. The van der Waals surface area contributed by atoms with Crippen LogP contribution < -0.4 is 10.6 Å². The van der Waals surface area contributed by atoms with Crippen LogP contribution in [0.15, 0.2) is 24.4 Å². The predicted octanol–water partition coefficient (Wildman–Crippen LogP) is 2.97. The van der Waals surface area contributed by atoms with Crippen molar-refractivity contribution in [1.29, 1.82) is 0 Å². The van der Waals surface area contributed by atoms with Crippen molar-refractivity contribution >= 4 is 11.7 Å². The van der Waals surface area contributed by atoms with E-state index in [2.05, 4.69) is 15.6 Å². The van der Waals surface area contributed by atoms with E-state index in [4.69, 9.17) is 0 Å². The summed E-state index contributed by atoms with van der Waals surface area (Å²) in [6.07, 6.45) is 4.80. The lowest BCUT2D eigenvalue weighted by Crippen LogP contribution is -2.49. The number of amides is 1. The summed E-state index contributed by atoms with van der Waals surface area (Å²) in [5.74, 6) is -2.47. The van der Waals surface area contributed by atoms with Crippen LogP contribution in [0.3, 0.4) is 0 Å². The Hall–Kier alpha value is -1.72. The van der Waals surface area contributed by atoms with Crippen LogP contribution in [-0.2, 0) is 4.79 Å². The van der Waals surface area contributed by atoms with Gasteiger partial charge in [-0.3, -0.25) is 4.79 Å². The largest absolute Gasteiger partial charge is 0.367 e. The van der Waals surface area contributed by atoms with Crippen molar-refractivity contribution < 1.29 is 13.6 Å². The van der Waals surface area contributed by atoms with Crippen molar-refractivity contribution in [2.75, 3.05) is 5.32 Å². The Bertz CT molecular complexity index is 507. The number of aromatic nitrogens is 1. The van der Waals surface area contributed by atoms with Gasteiger partial charge in [0.15, 0.2) is 0 Å². The molecule has 0 atom stereocenters. The molecule has 22 heavy (non-hydrogen) atoms. The minimum atomic E-state index is -2.63. The number of rotatable bonds is 4. The topological polar surface area (TPSA) is 54.0 Å². The van der Waals surface area contributed by atoms with E-state index >= 15 is 0 Å². The Labute approximate surface area is 128 Å².